The van der Waals surface area contributed by atoms with Gasteiger partial charge in [-0.2, -0.15) is 0 Å². The summed E-state index contributed by atoms with van der Waals surface area (Å²) in [4.78, 5) is 23.2. The SMILES string of the molecule is CC/C=C\C/C=C\C/C=C\C/C=C\C/C=C\C/C=C\C/C=C\C/C=C\CCCCC(=O)NC(COP(=O)(O)OCC[N+](C)(C)C)C(O)/C=C/CC/C=C/CC/C=C/CCCCCCCC. The molecule has 8 nitrogen and oxygen atoms in total. The fourth-order valence-corrected chi connectivity index (χ4v) is 6.88. The first-order valence-electron chi connectivity index (χ1n) is 25.1. The van der Waals surface area contributed by atoms with Crippen molar-refractivity contribution in [1.29, 1.82) is 0 Å². The van der Waals surface area contributed by atoms with Gasteiger partial charge in [-0.05, 0) is 109 Å². The van der Waals surface area contributed by atoms with E-state index >= 15 is 0 Å². The van der Waals surface area contributed by atoms with Crippen LogP contribution < -0.4 is 5.32 Å². The van der Waals surface area contributed by atoms with Gasteiger partial charge in [0.2, 0.25) is 5.91 Å². The van der Waals surface area contributed by atoms with Gasteiger partial charge in [0.15, 0.2) is 0 Å². The average molecular weight is 922 g/mol. The molecule has 368 valence electrons. The summed E-state index contributed by atoms with van der Waals surface area (Å²) in [5.74, 6) is -0.241. The third-order valence-corrected chi connectivity index (χ3v) is 11.1. The first kappa shape index (κ1) is 61.6. The average Bonchev–Trinajstić information content (AvgIpc) is 3.26. The largest absolute Gasteiger partial charge is 0.472 e. The van der Waals surface area contributed by atoms with Crippen LogP contribution in [-0.4, -0.2) is 73.4 Å². The zero-order valence-electron chi connectivity index (χ0n) is 41.7. The van der Waals surface area contributed by atoms with Crippen LogP contribution in [0.2, 0.25) is 0 Å². The van der Waals surface area contributed by atoms with Crippen LogP contribution in [0.5, 0.6) is 0 Å². The van der Waals surface area contributed by atoms with Crippen molar-refractivity contribution in [1.82, 2.24) is 5.32 Å². The maximum absolute atomic E-state index is 12.9. The molecule has 0 aliphatic heterocycles. The molecule has 0 fully saturated rings. The minimum atomic E-state index is -4.38. The Morgan fingerprint density at radius 2 is 0.938 bits per heavy atom. The van der Waals surface area contributed by atoms with Gasteiger partial charge in [0.05, 0.1) is 39.9 Å². The molecule has 0 rings (SSSR count). The van der Waals surface area contributed by atoms with E-state index in [1.165, 1.54) is 44.9 Å². The predicted octanol–water partition coefficient (Wildman–Crippen LogP) is 14.8. The number of nitrogens with zero attached hydrogens (tertiary/aromatic N) is 1. The molecule has 0 aliphatic rings. The number of carbonyl (C=O) groups is 1. The Labute approximate surface area is 398 Å². The van der Waals surface area contributed by atoms with Gasteiger partial charge in [0.1, 0.15) is 13.2 Å². The number of phosphoric ester groups is 1. The fraction of sp³-hybridized carbons (Fsp3) is 0.589. The Morgan fingerprint density at radius 3 is 1.42 bits per heavy atom. The second-order valence-corrected chi connectivity index (χ2v) is 18.9. The number of aliphatic hydroxyl groups excluding tert-OH is 1. The third kappa shape index (κ3) is 48.4. The number of hydrogen-bond acceptors (Lipinski definition) is 5. The van der Waals surface area contributed by atoms with Crippen LogP contribution in [0, 0.1) is 0 Å². The van der Waals surface area contributed by atoms with E-state index in [1.807, 2.05) is 27.2 Å². The molecule has 0 bridgehead atoms. The van der Waals surface area contributed by atoms with Gasteiger partial charge in [-0.3, -0.25) is 13.8 Å². The third-order valence-electron chi connectivity index (χ3n) is 10.1. The molecule has 0 spiro atoms. The molecule has 0 radical (unpaired) electrons. The molecular weight excluding hydrogens is 828 g/mol. The summed E-state index contributed by atoms with van der Waals surface area (Å²) in [6, 6.07) is -0.903. The summed E-state index contributed by atoms with van der Waals surface area (Å²) in [5, 5.41) is 13.8. The molecule has 3 atom stereocenters. The van der Waals surface area contributed by atoms with E-state index in [1.54, 1.807) is 6.08 Å². The van der Waals surface area contributed by atoms with E-state index in [0.717, 1.165) is 89.9 Å². The first-order chi connectivity index (χ1) is 31.5. The Hall–Kier alpha value is -3.36. The Kier molecular flexibility index (Phi) is 43.4. The highest BCUT2D eigenvalue weighted by atomic mass is 31.2. The first-order valence-corrected chi connectivity index (χ1v) is 26.6. The van der Waals surface area contributed by atoms with Crippen LogP contribution in [0.1, 0.15) is 162 Å². The normalized spacial score (nSPS) is 15.2. The molecule has 0 aromatic rings. The highest BCUT2D eigenvalue weighted by Gasteiger charge is 2.27. The monoisotopic (exact) mass is 922 g/mol. The number of rotatable bonds is 43. The van der Waals surface area contributed by atoms with Gasteiger partial charge >= 0.3 is 7.82 Å². The molecule has 0 aliphatic carbocycles. The predicted molar refractivity (Wildman–Crippen MR) is 281 cm³/mol. The van der Waals surface area contributed by atoms with Crippen LogP contribution >= 0.6 is 7.82 Å². The maximum atomic E-state index is 12.9. The topological polar surface area (TPSA) is 105 Å². The second kappa shape index (κ2) is 45.8. The van der Waals surface area contributed by atoms with Crippen molar-refractivity contribution >= 4 is 13.7 Å². The van der Waals surface area contributed by atoms with Crippen LogP contribution in [-0.2, 0) is 18.4 Å². The van der Waals surface area contributed by atoms with Crippen LogP contribution in [0.3, 0.4) is 0 Å². The lowest BCUT2D eigenvalue weighted by molar-refractivity contribution is -0.870. The molecule has 0 heterocycles. The van der Waals surface area contributed by atoms with Crippen LogP contribution in [0.15, 0.2) is 134 Å². The molecular formula is C56H94N2O6P+. The van der Waals surface area contributed by atoms with Gasteiger partial charge in [-0.15, -0.1) is 0 Å². The lowest BCUT2D eigenvalue weighted by Crippen LogP contribution is -2.45. The number of allylic oxidation sites excluding steroid dienone is 21. The maximum Gasteiger partial charge on any atom is 0.472 e. The minimum absolute atomic E-state index is 0.0365. The van der Waals surface area contributed by atoms with E-state index < -0.39 is 20.0 Å². The summed E-state index contributed by atoms with van der Waals surface area (Å²) < 4.78 is 23.6. The number of likely N-dealkylation sites (N-methyl/N-ethyl adjacent to an activating group) is 1. The summed E-state index contributed by atoms with van der Waals surface area (Å²) in [7, 11) is 1.49. The van der Waals surface area contributed by atoms with Gasteiger partial charge in [-0.25, -0.2) is 4.57 Å². The molecule has 3 unspecified atom stereocenters. The summed E-state index contributed by atoms with van der Waals surface area (Å²) in [6.45, 7) is 4.59. The number of hydrogen-bond donors (Lipinski definition) is 3. The number of amides is 1. The number of carbonyl (C=O) groups excluding carboxylic acids is 1. The molecule has 9 heteroatoms. The van der Waals surface area contributed by atoms with Crippen molar-refractivity contribution in [2.24, 2.45) is 0 Å². The van der Waals surface area contributed by atoms with Crippen molar-refractivity contribution in [3.63, 3.8) is 0 Å². The molecule has 0 aromatic carbocycles. The Morgan fingerprint density at radius 1 is 0.538 bits per heavy atom. The zero-order chi connectivity index (χ0) is 47.8. The fourth-order valence-electron chi connectivity index (χ4n) is 6.14. The number of unbranched alkanes of at least 4 members (excludes halogenated alkanes) is 10. The number of aliphatic hydroxyl groups is 1. The lowest BCUT2D eigenvalue weighted by atomic mass is 10.1. The lowest BCUT2D eigenvalue weighted by Gasteiger charge is -2.25. The zero-order valence-corrected chi connectivity index (χ0v) is 42.6. The van der Waals surface area contributed by atoms with Crippen molar-refractivity contribution in [3.8, 4) is 0 Å². The van der Waals surface area contributed by atoms with Crippen molar-refractivity contribution in [2.75, 3.05) is 40.9 Å². The Balaban J connectivity index is 4.51. The van der Waals surface area contributed by atoms with Crippen molar-refractivity contribution in [2.45, 2.75) is 174 Å². The highest BCUT2D eigenvalue weighted by molar-refractivity contribution is 7.47. The van der Waals surface area contributed by atoms with E-state index in [9.17, 15) is 19.4 Å². The summed E-state index contributed by atoms with van der Waals surface area (Å²) >= 11 is 0. The molecule has 0 saturated heterocycles. The number of nitrogens with one attached hydrogen (secondary N) is 1. The second-order valence-electron chi connectivity index (χ2n) is 17.4. The molecule has 3 N–H and O–H groups in total. The highest BCUT2D eigenvalue weighted by Crippen LogP contribution is 2.43. The van der Waals surface area contributed by atoms with E-state index in [-0.39, 0.29) is 25.5 Å². The van der Waals surface area contributed by atoms with Crippen LogP contribution in [0.4, 0.5) is 0 Å². The quantitative estimate of drug-likeness (QED) is 0.0244. The van der Waals surface area contributed by atoms with Gasteiger partial charge in [-0.1, -0.05) is 180 Å². The van der Waals surface area contributed by atoms with E-state index in [2.05, 4.69) is 141 Å². The standard InChI is InChI=1S/C56H93N2O6P/c1-6-8-10-12-14-16-18-20-22-24-25-26-27-28-29-30-31-32-33-34-36-38-40-42-44-46-48-50-56(60)57-54(53-64-65(61,62)63-52-51-58(3,4)5)55(59)49-47-45-43-41-39-37-35-23-21-19-17-15-13-11-9-7-2/h8,10,14,16,20-23,25-26,28-29,31-32,34,36,39-42,47,49,54-55,59H,6-7,9,11-13,15,17-19,24,27,30,33,35,37-38,43-46,48,50-53H2,1-5H3,(H-,57,60,61,62)/p+1/b10-8-,16-14-,22-20-,23-21+,26-25-,29-28-,32-31-,36-34-,41-39+,42-40-,49-47+. The van der Waals surface area contributed by atoms with Gasteiger partial charge < -0.3 is 19.8 Å². The van der Waals surface area contributed by atoms with Crippen LogP contribution in [0.25, 0.3) is 0 Å². The van der Waals surface area contributed by atoms with Crippen molar-refractivity contribution < 1.29 is 32.9 Å². The van der Waals surface area contributed by atoms with Gasteiger partial charge in [0.25, 0.3) is 0 Å². The van der Waals surface area contributed by atoms with E-state index in [4.69, 9.17) is 9.05 Å². The molecule has 0 aromatic heterocycles. The number of quaternary nitrogens is 1. The molecule has 65 heavy (non-hydrogen) atoms. The molecule has 1 amide bonds. The Bertz CT molecular complexity index is 1510. The van der Waals surface area contributed by atoms with E-state index in [0.29, 0.717) is 17.4 Å². The number of phosphoric acid groups is 1. The van der Waals surface area contributed by atoms with Crippen molar-refractivity contribution in [3.05, 3.63) is 134 Å². The summed E-state index contributed by atoms with van der Waals surface area (Å²) in [5.41, 5.74) is 0. The van der Waals surface area contributed by atoms with Gasteiger partial charge in [0, 0.05) is 6.42 Å². The molecule has 0 saturated carbocycles. The smallest absolute Gasteiger partial charge is 0.387 e. The summed E-state index contributed by atoms with van der Waals surface area (Å²) in [6.07, 6.45) is 69.7. The minimum Gasteiger partial charge on any atom is -0.387 e.